The van der Waals surface area contributed by atoms with Crippen LogP contribution >= 0.6 is 0 Å². The molecule has 0 radical (unpaired) electrons. The van der Waals surface area contributed by atoms with Crippen molar-refractivity contribution in [2.45, 2.75) is 18.7 Å². The van der Waals surface area contributed by atoms with Crippen LogP contribution in [0.5, 0.6) is 0 Å². The molecule has 2 aromatic rings. The van der Waals surface area contributed by atoms with E-state index in [1.165, 1.54) is 0 Å². The van der Waals surface area contributed by atoms with Crippen molar-refractivity contribution in [2.75, 3.05) is 13.7 Å². The van der Waals surface area contributed by atoms with Gasteiger partial charge in [-0.3, -0.25) is 9.59 Å². The van der Waals surface area contributed by atoms with Crippen LogP contribution in [0.4, 0.5) is 0 Å². The lowest BCUT2D eigenvalue weighted by atomic mass is 9.97. The van der Waals surface area contributed by atoms with E-state index in [-0.39, 0.29) is 18.4 Å². The first-order valence-electron chi connectivity index (χ1n) is 7.90. The zero-order valence-corrected chi connectivity index (χ0v) is 13.5. The smallest absolute Gasteiger partial charge is 0.251 e. The monoisotopic (exact) mass is 324 g/mol. The maximum atomic E-state index is 12.6. The first-order valence-corrected chi connectivity index (χ1v) is 7.90. The quantitative estimate of drug-likeness (QED) is 0.934. The summed E-state index contributed by atoms with van der Waals surface area (Å²) in [5, 5.41) is 2.90. The third-order valence-electron chi connectivity index (χ3n) is 4.19. The van der Waals surface area contributed by atoms with Crippen LogP contribution in [0, 0.1) is 0 Å². The second kappa shape index (κ2) is 7.27. The molecule has 3 rings (SSSR count). The van der Waals surface area contributed by atoms with Crippen molar-refractivity contribution in [3.8, 4) is 0 Å². The van der Waals surface area contributed by atoms with Gasteiger partial charge >= 0.3 is 0 Å². The lowest BCUT2D eigenvalue weighted by Gasteiger charge is -2.38. The Morgan fingerprint density at radius 3 is 2.42 bits per heavy atom. The number of morpholine rings is 1. The van der Waals surface area contributed by atoms with E-state index < -0.39 is 12.1 Å². The summed E-state index contributed by atoms with van der Waals surface area (Å²) in [6.07, 6.45) is -0.723. The van der Waals surface area contributed by atoms with Crippen molar-refractivity contribution in [2.24, 2.45) is 0 Å². The summed E-state index contributed by atoms with van der Waals surface area (Å²) >= 11 is 0. The van der Waals surface area contributed by atoms with E-state index >= 15 is 0 Å². The number of nitrogens with zero attached hydrogens (tertiary/aromatic N) is 1. The molecule has 1 aliphatic rings. The minimum Gasteiger partial charge on any atom is -0.356 e. The van der Waals surface area contributed by atoms with Gasteiger partial charge in [-0.15, -0.1) is 0 Å². The average Bonchev–Trinajstić information content (AvgIpc) is 2.63. The summed E-state index contributed by atoms with van der Waals surface area (Å²) in [5.41, 5.74) is 1.90. The summed E-state index contributed by atoms with van der Waals surface area (Å²) in [7, 11) is 1.71. The van der Waals surface area contributed by atoms with E-state index in [0.717, 1.165) is 11.1 Å². The summed E-state index contributed by atoms with van der Waals surface area (Å²) < 4.78 is 5.57. The number of likely N-dealkylation sites (N-methyl/N-ethyl adjacent to an activating group) is 1. The van der Waals surface area contributed by atoms with Gasteiger partial charge in [0.2, 0.25) is 5.91 Å². The van der Waals surface area contributed by atoms with E-state index in [4.69, 9.17) is 4.74 Å². The minimum atomic E-state index is -0.723. The van der Waals surface area contributed by atoms with Gasteiger partial charge in [-0.1, -0.05) is 60.7 Å². The molecule has 1 heterocycles. The van der Waals surface area contributed by atoms with Crippen molar-refractivity contribution >= 4 is 11.8 Å². The Bertz CT molecular complexity index is 703. The fraction of sp³-hybridized carbons (Fsp3) is 0.263. The normalized spacial score (nSPS) is 20.7. The summed E-state index contributed by atoms with van der Waals surface area (Å²) in [6, 6.07) is 18.8. The maximum Gasteiger partial charge on any atom is 0.251 e. The van der Waals surface area contributed by atoms with E-state index in [2.05, 4.69) is 5.32 Å². The number of hydrogen-bond donors (Lipinski definition) is 1. The lowest BCUT2D eigenvalue weighted by molar-refractivity contribution is -0.162. The minimum absolute atomic E-state index is 0.0801. The molecule has 5 nitrogen and oxygen atoms in total. The standard InChI is InChI=1S/C19H20N2O3/c1-21-16(22)13-24-18(17(21)15-10-6-3-7-11-15)19(23)20-12-14-8-4-2-5-9-14/h2-11,17-18H,12-13H2,1H3,(H,20,23)/t17-,18-/m0/s1. The highest BCUT2D eigenvalue weighted by molar-refractivity contribution is 5.86. The molecule has 1 fully saturated rings. The number of amides is 2. The number of rotatable bonds is 4. The van der Waals surface area contributed by atoms with Gasteiger partial charge in [0.15, 0.2) is 6.10 Å². The molecule has 0 unspecified atom stereocenters. The highest BCUT2D eigenvalue weighted by Crippen LogP contribution is 2.29. The fourth-order valence-electron chi connectivity index (χ4n) is 2.87. The molecule has 1 N–H and O–H groups in total. The van der Waals surface area contributed by atoms with Crippen LogP contribution in [0.1, 0.15) is 17.2 Å². The first kappa shape index (κ1) is 16.2. The first-order chi connectivity index (χ1) is 11.7. The second-order valence-corrected chi connectivity index (χ2v) is 5.80. The largest absolute Gasteiger partial charge is 0.356 e. The Balaban J connectivity index is 1.76. The van der Waals surface area contributed by atoms with Gasteiger partial charge in [-0.2, -0.15) is 0 Å². The van der Waals surface area contributed by atoms with Gasteiger partial charge in [0.25, 0.3) is 5.91 Å². The van der Waals surface area contributed by atoms with Crippen LogP contribution in [-0.2, 0) is 20.9 Å². The van der Waals surface area contributed by atoms with Gasteiger partial charge in [-0.05, 0) is 11.1 Å². The van der Waals surface area contributed by atoms with E-state index in [0.29, 0.717) is 6.54 Å². The molecule has 124 valence electrons. The van der Waals surface area contributed by atoms with E-state index in [9.17, 15) is 9.59 Å². The second-order valence-electron chi connectivity index (χ2n) is 5.80. The van der Waals surface area contributed by atoms with Crippen molar-refractivity contribution in [3.63, 3.8) is 0 Å². The van der Waals surface area contributed by atoms with Crippen LogP contribution < -0.4 is 5.32 Å². The van der Waals surface area contributed by atoms with E-state index in [1.54, 1.807) is 11.9 Å². The van der Waals surface area contributed by atoms with Crippen LogP contribution in [0.3, 0.4) is 0 Å². The Kier molecular flexibility index (Phi) is 4.91. The topological polar surface area (TPSA) is 58.6 Å². The number of hydrogen-bond acceptors (Lipinski definition) is 3. The molecule has 5 heteroatoms. The Morgan fingerprint density at radius 1 is 1.12 bits per heavy atom. The zero-order chi connectivity index (χ0) is 16.9. The van der Waals surface area contributed by atoms with Crippen LogP contribution in [-0.4, -0.2) is 36.5 Å². The highest BCUT2D eigenvalue weighted by atomic mass is 16.5. The molecule has 1 aliphatic heterocycles. The van der Waals surface area contributed by atoms with Gasteiger partial charge in [0.1, 0.15) is 6.61 Å². The van der Waals surface area contributed by atoms with Gasteiger partial charge in [0, 0.05) is 13.6 Å². The summed E-state index contributed by atoms with van der Waals surface area (Å²) in [6.45, 7) is 0.349. The third kappa shape index (κ3) is 3.46. The Labute approximate surface area is 141 Å². The fourth-order valence-corrected chi connectivity index (χ4v) is 2.87. The Hall–Kier alpha value is -2.66. The van der Waals surface area contributed by atoms with Gasteiger partial charge < -0.3 is 15.0 Å². The number of benzene rings is 2. The molecule has 2 aromatic carbocycles. The molecule has 0 aromatic heterocycles. The lowest BCUT2D eigenvalue weighted by Crippen LogP contribution is -2.52. The Morgan fingerprint density at radius 2 is 1.75 bits per heavy atom. The molecular formula is C19H20N2O3. The van der Waals surface area contributed by atoms with Crippen LogP contribution in [0.25, 0.3) is 0 Å². The van der Waals surface area contributed by atoms with Crippen LogP contribution in [0.2, 0.25) is 0 Å². The number of nitrogens with one attached hydrogen (secondary N) is 1. The number of carbonyl (C=O) groups is 2. The third-order valence-corrected chi connectivity index (χ3v) is 4.19. The van der Waals surface area contributed by atoms with Gasteiger partial charge in [-0.25, -0.2) is 0 Å². The van der Waals surface area contributed by atoms with Crippen molar-refractivity contribution in [3.05, 3.63) is 71.8 Å². The van der Waals surface area contributed by atoms with E-state index in [1.807, 2.05) is 60.7 Å². The molecule has 2 atom stereocenters. The van der Waals surface area contributed by atoms with Crippen LogP contribution in [0.15, 0.2) is 60.7 Å². The van der Waals surface area contributed by atoms with Crippen molar-refractivity contribution in [1.82, 2.24) is 10.2 Å². The molecule has 0 saturated carbocycles. The van der Waals surface area contributed by atoms with Crippen molar-refractivity contribution < 1.29 is 14.3 Å². The SMILES string of the molecule is CN1C(=O)CO[C@H](C(=O)NCc2ccccc2)[C@@H]1c1ccccc1. The average molecular weight is 324 g/mol. The molecule has 0 aliphatic carbocycles. The summed E-state index contributed by atoms with van der Waals surface area (Å²) in [5.74, 6) is -0.344. The molecule has 0 bridgehead atoms. The predicted molar refractivity (Wildman–Crippen MR) is 90.0 cm³/mol. The predicted octanol–water partition coefficient (Wildman–Crippen LogP) is 1.90. The molecule has 24 heavy (non-hydrogen) atoms. The molecular weight excluding hydrogens is 304 g/mol. The number of ether oxygens (including phenoxy) is 1. The molecule has 0 spiro atoms. The molecule has 1 saturated heterocycles. The number of carbonyl (C=O) groups excluding carboxylic acids is 2. The maximum absolute atomic E-state index is 12.6. The van der Waals surface area contributed by atoms with Crippen molar-refractivity contribution in [1.29, 1.82) is 0 Å². The van der Waals surface area contributed by atoms with Gasteiger partial charge in [0.05, 0.1) is 6.04 Å². The highest BCUT2D eigenvalue weighted by Gasteiger charge is 2.39. The molecule has 2 amide bonds. The zero-order valence-electron chi connectivity index (χ0n) is 13.5. The summed E-state index contributed by atoms with van der Waals surface area (Å²) in [4.78, 5) is 26.2.